The first kappa shape index (κ1) is 11.7. The maximum Gasteiger partial charge on any atom is 0.109 e. The largest absolute Gasteiger partial charge is 0.395 e. The van der Waals surface area contributed by atoms with Gasteiger partial charge in [-0.2, -0.15) is 0 Å². The maximum atomic E-state index is 9.58. The van der Waals surface area contributed by atoms with Crippen LogP contribution < -0.4 is 0 Å². The number of aliphatic hydroxyl groups excluding tert-OH is 1. The van der Waals surface area contributed by atoms with Gasteiger partial charge in [0.2, 0.25) is 0 Å². The highest BCUT2D eigenvalue weighted by atomic mass is 16.5. The molecule has 1 aliphatic heterocycles. The minimum atomic E-state index is -0.204. The number of ether oxygens (including phenoxy) is 1. The third-order valence-corrected chi connectivity index (χ3v) is 3.96. The van der Waals surface area contributed by atoms with Crippen molar-refractivity contribution in [1.82, 2.24) is 9.55 Å². The summed E-state index contributed by atoms with van der Waals surface area (Å²) in [5.74, 6) is 1.09. The smallest absolute Gasteiger partial charge is 0.109 e. The number of hydrogen-bond acceptors (Lipinski definition) is 3. The molecule has 1 aliphatic rings. The Balaban J connectivity index is 2.13. The molecule has 3 rings (SSSR count). The highest BCUT2D eigenvalue weighted by molar-refractivity contribution is 5.77. The molecule has 0 amide bonds. The second-order valence-corrected chi connectivity index (χ2v) is 5.08. The molecule has 0 unspecified atom stereocenters. The standard InChI is InChI=1S/C14H18N2O2/c1-3-13-15-11-5-4-10(6-12(11)16(13)2)14(7-17)8-18-9-14/h4-6,17H,3,7-9H2,1-2H3. The van der Waals surface area contributed by atoms with E-state index in [-0.39, 0.29) is 12.0 Å². The number of nitrogens with zero attached hydrogens (tertiary/aromatic N) is 2. The first-order valence-electron chi connectivity index (χ1n) is 6.34. The van der Waals surface area contributed by atoms with Gasteiger partial charge in [0.05, 0.1) is 36.3 Å². The van der Waals surface area contributed by atoms with Gasteiger partial charge in [-0.3, -0.25) is 0 Å². The summed E-state index contributed by atoms with van der Waals surface area (Å²) in [6, 6.07) is 6.24. The van der Waals surface area contributed by atoms with Crippen LogP contribution in [0.2, 0.25) is 0 Å². The highest BCUT2D eigenvalue weighted by Gasteiger charge is 2.40. The molecule has 1 aromatic carbocycles. The van der Waals surface area contributed by atoms with Gasteiger partial charge < -0.3 is 14.4 Å². The minimum absolute atomic E-state index is 0.136. The summed E-state index contributed by atoms with van der Waals surface area (Å²) >= 11 is 0. The van der Waals surface area contributed by atoms with E-state index in [1.54, 1.807) is 0 Å². The summed E-state index contributed by atoms with van der Waals surface area (Å²) in [7, 11) is 2.04. The van der Waals surface area contributed by atoms with E-state index in [9.17, 15) is 5.11 Å². The Morgan fingerprint density at radius 2 is 2.22 bits per heavy atom. The van der Waals surface area contributed by atoms with Crippen molar-refractivity contribution < 1.29 is 9.84 Å². The number of benzene rings is 1. The van der Waals surface area contributed by atoms with E-state index in [2.05, 4.69) is 28.6 Å². The lowest BCUT2D eigenvalue weighted by Gasteiger charge is -2.40. The van der Waals surface area contributed by atoms with E-state index in [0.29, 0.717) is 13.2 Å². The molecule has 1 aromatic heterocycles. The molecule has 4 heteroatoms. The Bertz CT molecular complexity index is 579. The SMILES string of the molecule is CCc1nc2ccc(C3(CO)COC3)cc2n1C. The molecule has 96 valence electrons. The van der Waals surface area contributed by atoms with Gasteiger partial charge in [-0.15, -0.1) is 0 Å². The topological polar surface area (TPSA) is 47.3 Å². The first-order chi connectivity index (χ1) is 8.70. The number of hydrogen-bond donors (Lipinski definition) is 1. The van der Waals surface area contributed by atoms with Crippen LogP contribution in [0.4, 0.5) is 0 Å². The molecule has 1 fully saturated rings. The zero-order valence-corrected chi connectivity index (χ0v) is 10.8. The van der Waals surface area contributed by atoms with E-state index in [4.69, 9.17) is 4.74 Å². The van der Waals surface area contributed by atoms with Crippen molar-refractivity contribution in [3.63, 3.8) is 0 Å². The molecule has 2 aromatic rings. The second-order valence-electron chi connectivity index (χ2n) is 5.08. The molecule has 0 bridgehead atoms. The molecule has 0 radical (unpaired) electrons. The zero-order chi connectivity index (χ0) is 12.8. The molecule has 1 saturated heterocycles. The Morgan fingerprint density at radius 1 is 1.44 bits per heavy atom. The fourth-order valence-corrected chi connectivity index (χ4v) is 2.58. The number of aromatic nitrogens is 2. The summed E-state index contributed by atoms with van der Waals surface area (Å²) in [5, 5.41) is 9.58. The van der Waals surface area contributed by atoms with E-state index in [0.717, 1.165) is 28.8 Å². The average Bonchev–Trinajstić information content (AvgIpc) is 2.66. The molecule has 18 heavy (non-hydrogen) atoms. The lowest BCUT2D eigenvalue weighted by Crippen LogP contribution is -2.49. The summed E-state index contributed by atoms with van der Waals surface area (Å²) < 4.78 is 7.40. The Kier molecular flexibility index (Phi) is 2.64. The summed E-state index contributed by atoms with van der Waals surface area (Å²) in [4.78, 5) is 4.59. The van der Waals surface area contributed by atoms with Crippen LogP contribution in [0.15, 0.2) is 18.2 Å². The number of rotatable bonds is 3. The van der Waals surface area contributed by atoms with Gasteiger partial charge in [0.15, 0.2) is 0 Å². The third-order valence-electron chi connectivity index (χ3n) is 3.96. The number of aliphatic hydroxyl groups is 1. The van der Waals surface area contributed by atoms with Crippen LogP contribution in [0.25, 0.3) is 11.0 Å². The maximum absolute atomic E-state index is 9.58. The van der Waals surface area contributed by atoms with E-state index in [1.807, 2.05) is 13.1 Å². The Labute approximate surface area is 106 Å². The van der Waals surface area contributed by atoms with Gasteiger partial charge in [-0.1, -0.05) is 13.0 Å². The van der Waals surface area contributed by atoms with Gasteiger partial charge in [0.1, 0.15) is 5.82 Å². The predicted molar refractivity (Wildman–Crippen MR) is 69.7 cm³/mol. The van der Waals surface area contributed by atoms with Crippen molar-refractivity contribution in [2.24, 2.45) is 7.05 Å². The lowest BCUT2D eigenvalue weighted by atomic mass is 9.79. The molecule has 0 spiro atoms. The van der Waals surface area contributed by atoms with Crippen LogP contribution in [-0.4, -0.2) is 34.5 Å². The molecule has 4 nitrogen and oxygen atoms in total. The van der Waals surface area contributed by atoms with Gasteiger partial charge in [-0.05, 0) is 17.7 Å². The lowest BCUT2D eigenvalue weighted by molar-refractivity contribution is -0.0841. The van der Waals surface area contributed by atoms with E-state index < -0.39 is 0 Å². The van der Waals surface area contributed by atoms with Crippen LogP contribution in [0.5, 0.6) is 0 Å². The predicted octanol–water partition coefficient (Wildman–Crippen LogP) is 1.40. The third kappa shape index (κ3) is 1.49. The van der Waals surface area contributed by atoms with Gasteiger partial charge in [0, 0.05) is 13.5 Å². The molecule has 0 saturated carbocycles. The van der Waals surface area contributed by atoms with E-state index in [1.165, 1.54) is 0 Å². The van der Waals surface area contributed by atoms with Crippen molar-refractivity contribution in [3.8, 4) is 0 Å². The van der Waals surface area contributed by atoms with Crippen LogP contribution in [0.1, 0.15) is 18.3 Å². The number of fused-ring (bicyclic) bond motifs is 1. The van der Waals surface area contributed by atoms with Crippen molar-refractivity contribution >= 4 is 11.0 Å². The van der Waals surface area contributed by atoms with Crippen LogP contribution >= 0.6 is 0 Å². The quantitative estimate of drug-likeness (QED) is 0.890. The number of aryl methyl sites for hydroxylation is 2. The summed E-state index contributed by atoms with van der Waals surface area (Å²) in [5.41, 5.74) is 3.09. The van der Waals surface area contributed by atoms with Crippen molar-refractivity contribution in [1.29, 1.82) is 0 Å². The average molecular weight is 246 g/mol. The fraction of sp³-hybridized carbons (Fsp3) is 0.500. The van der Waals surface area contributed by atoms with Crippen molar-refractivity contribution in [3.05, 3.63) is 29.6 Å². The Hall–Kier alpha value is -1.39. The van der Waals surface area contributed by atoms with Crippen molar-refractivity contribution in [2.75, 3.05) is 19.8 Å². The summed E-state index contributed by atoms with van der Waals surface area (Å²) in [6.45, 7) is 3.45. The minimum Gasteiger partial charge on any atom is -0.395 e. The summed E-state index contributed by atoms with van der Waals surface area (Å²) in [6.07, 6.45) is 0.925. The highest BCUT2D eigenvalue weighted by Crippen LogP contribution is 2.33. The fourth-order valence-electron chi connectivity index (χ4n) is 2.58. The van der Waals surface area contributed by atoms with E-state index >= 15 is 0 Å². The molecule has 2 heterocycles. The van der Waals surface area contributed by atoms with Gasteiger partial charge in [0.25, 0.3) is 0 Å². The molecule has 1 N–H and O–H groups in total. The van der Waals surface area contributed by atoms with Crippen LogP contribution in [-0.2, 0) is 23.6 Å². The van der Waals surface area contributed by atoms with Crippen LogP contribution in [0.3, 0.4) is 0 Å². The Morgan fingerprint density at radius 3 is 2.78 bits per heavy atom. The molecular formula is C14H18N2O2. The number of imidazole rings is 1. The van der Waals surface area contributed by atoms with Crippen molar-refractivity contribution in [2.45, 2.75) is 18.8 Å². The first-order valence-corrected chi connectivity index (χ1v) is 6.34. The second kappa shape index (κ2) is 4.07. The van der Waals surface area contributed by atoms with Gasteiger partial charge in [-0.25, -0.2) is 4.98 Å². The van der Waals surface area contributed by atoms with Gasteiger partial charge >= 0.3 is 0 Å². The molecule has 0 atom stereocenters. The monoisotopic (exact) mass is 246 g/mol. The molecular weight excluding hydrogens is 228 g/mol. The normalized spacial score (nSPS) is 17.9. The zero-order valence-electron chi connectivity index (χ0n) is 10.8. The molecule has 0 aliphatic carbocycles. The van der Waals surface area contributed by atoms with Crippen LogP contribution in [0, 0.1) is 0 Å².